The number of carbonyl (C=O) groups is 1. The average Bonchev–Trinajstić information content (AvgIpc) is 3.48. The van der Waals surface area contributed by atoms with Crippen LogP contribution in [-0.4, -0.2) is 48.5 Å². The summed E-state index contributed by atoms with van der Waals surface area (Å²) in [6.45, 7) is 1.39. The molecule has 0 bridgehead atoms. The van der Waals surface area contributed by atoms with Gasteiger partial charge < -0.3 is 24.1 Å². The minimum absolute atomic E-state index is 0.200. The Bertz CT molecular complexity index is 1200. The van der Waals surface area contributed by atoms with Crippen molar-refractivity contribution < 1.29 is 19.0 Å². The molecule has 0 spiro atoms. The SMILES string of the molecule is COc1cc(-c2cc(C(=O)NCCCn3ccc4ccccc43)[nH]n2)cc(OC)c1OC. The standard InChI is InChI=1S/C24H26N4O4/c1-30-21-13-17(14-22(31-2)23(21)32-3)18-15-19(27-26-18)24(29)25-10-6-11-28-12-9-16-7-4-5-8-20(16)28/h4-5,7-9,12-15H,6,10-11H2,1-3H3,(H,25,29)(H,26,27). The van der Waals surface area contributed by atoms with E-state index in [9.17, 15) is 4.79 Å². The monoisotopic (exact) mass is 434 g/mol. The summed E-state index contributed by atoms with van der Waals surface area (Å²) in [6, 6.07) is 15.6. The van der Waals surface area contributed by atoms with Crippen molar-refractivity contribution in [2.75, 3.05) is 27.9 Å². The van der Waals surface area contributed by atoms with Gasteiger partial charge in [0.15, 0.2) is 11.5 Å². The number of benzene rings is 2. The first kappa shape index (κ1) is 21.3. The third-order valence-electron chi connectivity index (χ3n) is 5.32. The van der Waals surface area contributed by atoms with Gasteiger partial charge in [0.25, 0.3) is 5.91 Å². The highest BCUT2D eigenvalue weighted by Gasteiger charge is 2.17. The van der Waals surface area contributed by atoms with Gasteiger partial charge in [-0.1, -0.05) is 18.2 Å². The second-order valence-corrected chi connectivity index (χ2v) is 7.26. The molecule has 2 aromatic carbocycles. The Hall–Kier alpha value is -3.94. The topological polar surface area (TPSA) is 90.4 Å². The molecule has 2 aromatic heterocycles. The molecular weight excluding hydrogens is 408 g/mol. The molecule has 8 heteroatoms. The Morgan fingerprint density at radius 2 is 1.78 bits per heavy atom. The number of fused-ring (bicyclic) bond motifs is 1. The summed E-state index contributed by atoms with van der Waals surface area (Å²) >= 11 is 0. The quantitative estimate of drug-likeness (QED) is 0.390. The van der Waals surface area contributed by atoms with Gasteiger partial charge in [-0.3, -0.25) is 9.89 Å². The molecule has 0 radical (unpaired) electrons. The Kier molecular flexibility index (Phi) is 6.30. The largest absolute Gasteiger partial charge is 0.493 e. The Morgan fingerprint density at radius 1 is 1.03 bits per heavy atom. The van der Waals surface area contributed by atoms with Crippen LogP contribution < -0.4 is 19.5 Å². The molecule has 32 heavy (non-hydrogen) atoms. The molecule has 0 saturated heterocycles. The summed E-state index contributed by atoms with van der Waals surface area (Å²) in [6.07, 6.45) is 2.89. The van der Waals surface area contributed by atoms with Crippen molar-refractivity contribution in [1.82, 2.24) is 20.1 Å². The zero-order valence-electron chi connectivity index (χ0n) is 18.3. The molecule has 8 nitrogen and oxygen atoms in total. The van der Waals surface area contributed by atoms with E-state index in [2.05, 4.69) is 44.5 Å². The van der Waals surface area contributed by atoms with Crippen molar-refractivity contribution in [1.29, 1.82) is 0 Å². The van der Waals surface area contributed by atoms with Gasteiger partial charge in [0, 0.05) is 30.4 Å². The van der Waals surface area contributed by atoms with Crippen molar-refractivity contribution in [3.8, 4) is 28.5 Å². The number of aromatic nitrogens is 3. The van der Waals surface area contributed by atoms with E-state index in [1.807, 2.05) is 12.1 Å². The molecule has 0 saturated carbocycles. The Labute approximate surface area is 186 Å². The molecule has 0 unspecified atom stereocenters. The van der Waals surface area contributed by atoms with Crippen molar-refractivity contribution in [3.05, 3.63) is 60.4 Å². The number of nitrogens with one attached hydrogen (secondary N) is 2. The fourth-order valence-corrected chi connectivity index (χ4v) is 3.70. The third-order valence-corrected chi connectivity index (χ3v) is 5.32. The number of H-pyrrole nitrogens is 1. The van der Waals surface area contributed by atoms with Gasteiger partial charge in [0.2, 0.25) is 5.75 Å². The number of ether oxygens (including phenoxy) is 3. The van der Waals surface area contributed by atoms with E-state index in [1.165, 1.54) is 10.9 Å². The lowest BCUT2D eigenvalue weighted by atomic mass is 10.1. The number of amides is 1. The van der Waals surface area contributed by atoms with Gasteiger partial charge in [0.1, 0.15) is 5.69 Å². The van der Waals surface area contributed by atoms with Crippen molar-refractivity contribution in [3.63, 3.8) is 0 Å². The van der Waals surface area contributed by atoms with E-state index in [-0.39, 0.29) is 5.91 Å². The first-order valence-corrected chi connectivity index (χ1v) is 10.3. The lowest BCUT2D eigenvalue weighted by molar-refractivity contribution is 0.0948. The Morgan fingerprint density at radius 3 is 2.50 bits per heavy atom. The predicted octanol–water partition coefficient (Wildman–Crippen LogP) is 3.88. The summed E-state index contributed by atoms with van der Waals surface area (Å²) in [5, 5.41) is 11.2. The van der Waals surface area contributed by atoms with E-state index in [0.29, 0.717) is 35.2 Å². The van der Waals surface area contributed by atoms with Crippen LogP contribution in [0.5, 0.6) is 17.2 Å². The normalized spacial score (nSPS) is 10.8. The van der Waals surface area contributed by atoms with E-state index >= 15 is 0 Å². The molecule has 4 aromatic rings. The van der Waals surface area contributed by atoms with Crippen molar-refractivity contribution >= 4 is 16.8 Å². The number of methoxy groups -OCH3 is 3. The summed E-state index contributed by atoms with van der Waals surface area (Å²) in [4.78, 5) is 12.6. The van der Waals surface area contributed by atoms with Crippen LogP contribution in [0.1, 0.15) is 16.9 Å². The van der Waals surface area contributed by atoms with Gasteiger partial charge in [-0.2, -0.15) is 5.10 Å². The van der Waals surface area contributed by atoms with Gasteiger partial charge in [-0.15, -0.1) is 0 Å². The van der Waals surface area contributed by atoms with E-state index < -0.39 is 0 Å². The fraction of sp³-hybridized carbons (Fsp3) is 0.250. The lowest BCUT2D eigenvalue weighted by Crippen LogP contribution is -2.25. The van der Waals surface area contributed by atoms with Crippen LogP contribution in [0.3, 0.4) is 0 Å². The van der Waals surface area contributed by atoms with Crippen molar-refractivity contribution in [2.24, 2.45) is 0 Å². The second-order valence-electron chi connectivity index (χ2n) is 7.26. The first-order valence-electron chi connectivity index (χ1n) is 10.3. The number of nitrogens with zero attached hydrogens (tertiary/aromatic N) is 2. The summed E-state index contributed by atoms with van der Waals surface area (Å²) in [7, 11) is 4.66. The van der Waals surface area contributed by atoms with Crippen LogP contribution >= 0.6 is 0 Å². The molecule has 2 heterocycles. The lowest BCUT2D eigenvalue weighted by Gasteiger charge is -2.13. The fourth-order valence-electron chi connectivity index (χ4n) is 3.70. The number of rotatable bonds is 9. The van der Waals surface area contributed by atoms with Crippen LogP contribution in [0.25, 0.3) is 22.2 Å². The van der Waals surface area contributed by atoms with E-state index in [1.54, 1.807) is 39.5 Å². The second kappa shape index (κ2) is 9.47. The van der Waals surface area contributed by atoms with Gasteiger partial charge in [-0.05, 0) is 42.1 Å². The van der Waals surface area contributed by atoms with Crippen LogP contribution in [0, 0.1) is 0 Å². The summed E-state index contributed by atoms with van der Waals surface area (Å²) in [5.74, 6) is 1.35. The van der Waals surface area contributed by atoms with Crippen LogP contribution in [-0.2, 0) is 6.54 Å². The maximum Gasteiger partial charge on any atom is 0.269 e. The first-order chi connectivity index (χ1) is 15.6. The van der Waals surface area contributed by atoms with Gasteiger partial charge in [0.05, 0.1) is 27.0 Å². The highest BCUT2D eigenvalue weighted by molar-refractivity contribution is 5.93. The molecule has 2 N–H and O–H groups in total. The maximum atomic E-state index is 12.6. The minimum atomic E-state index is -0.200. The number of aromatic amines is 1. The number of hydrogen-bond donors (Lipinski definition) is 2. The number of aryl methyl sites for hydroxylation is 1. The number of para-hydroxylation sites is 1. The van der Waals surface area contributed by atoms with Crippen LogP contribution in [0.2, 0.25) is 0 Å². The molecule has 166 valence electrons. The third kappa shape index (κ3) is 4.25. The molecule has 0 atom stereocenters. The highest BCUT2D eigenvalue weighted by Crippen LogP contribution is 2.40. The predicted molar refractivity (Wildman–Crippen MR) is 123 cm³/mol. The minimum Gasteiger partial charge on any atom is -0.493 e. The zero-order chi connectivity index (χ0) is 22.5. The smallest absolute Gasteiger partial charge is 0.269 e. The van der Waals surface area contributed by atoms with Crippen LogP contribution in [0.4, 0.5) is 0 Å². The molecule has 0 aliphatic heterocycles. The van der Waals surface area contributed by atoms with Gasteiger partial charge in [-0.25, -0.2) is 0 Å². The van der Waals surface area contributed by atoms with Crippen LogP contribution in [0.15, 0.2) is 54.7 Å². The molecule has 0 aliphatic rings. The van der Waals surface area contributed by atoms with Crippen molar-refractivity contribution in [2.45, 2.75) is 13.0 Å². The molecule has 1 amide bonds. The van der Waals surface area contributed by atoms with E-state index in [4.69, 9.17) is 14.2 Å². The van der Waals surface area contributed by atoms with E-state index in [0.717, 1.165) is 18.5 Å². The zero-order valence-corrected chi connectivity index (χ0v) is 18.3. The molecular formula is C24H26N4O4. The Balaban J connectivity index is 1.38. The highest BCUT2D eigenvalue weighted by atomic mass is 16.5. The molecule has 0 fully saturated rings. The summed E-state index contributed by atoms with van der Waals surface area (Å²) in [5.41, 5.74) is 2.94. The maximum absolute atomic E-state index is 12.6. The molecule has 0 aliphatic carbocycles. The van der Waals surface area contributed by atoms with Gasteiger partial charge >= 0.3 is 0 Å². The molecule has 4 rings (SSSR count). The number of carbonyl (C=O) groups excluding carboxylic acids is 1. The number of hydrogen-bond acceptors (Lipinski definition) is 5. The summed E-state index contributed by atoms with van der Waals surface area (Å²) < 4.78 is 18.3. The average molecular weight is 434 g/mol.